The van der Waals surface area contributed by atoms with Crippen molar-refractivity contribution in [3.05, 3.63) is 152 Å². The van der Waals surface area contributed by atoms with Crippen LogP contribution in [0.4, 0.5) is 22.7 Å². The molecule has 0 saturated heterocycles. The summed E-state index contributed by atoms with van der Waals surface area (Å²) < 4.78 is 0. The van der Waals surface area contributed by atoms with Gasteiger partial charge < -0.3 is 10.6 Å². The lowest BCUT2D eigenvalue weighted by Crippen LogP contribution is -2.08. The molecule has 0 radical (unpaired) electrons. The van der Waals surface area contributed by atoms with Crippen molar-refractivity contribution in [2.45, 2.75) is 6.42 Å². The molecule has 0 unspecified atom stereocenters. The number of nitrogens with zero attached hydrogens (tertiary/aromatic N) is 2. The first-order valence-corrected chi connectivity index (χ1v) is 12.4. The summed E-state index contributed by atoms with van der Waals surface area (Å²) in [5, 5.41) is 27.0. The number of anilines is 2. The van der Waals surface area contributed by atoms with Gasteiger partial charge in [0.15, 0.2) is 0 Å². The highest BCUT2D eigenvalue weighted by atomic mass is 16.6. The quantitative estimate of drug-likeness (QED) is 0.133. The number of non-ortho nitro benzene ring substituents is 2. The van der Waals surface area contributed by atoms with Crippen LogP contribution >= 0.6 is 0 Å². The Morgan fingerprint density at radius 1 is 0.561 bits per heavy atom. The predicted molar refractivity (Wildman–Crippen MR) is 157 cm³/mol. The van der Waals surface area contributed by atoms with E-state index in [1.807, 2.05) is 24.3 Å². The highest BCUT2D eigenvalue weighted by molar-refractivity contribution is 6.02. The van der Waals surface area contributed by atoms with Crippen LogP contribution in [-0.4, -0.2) is 21.7 Å². The molecule has 0 bridgehead atoms. The van der Waals surface area contributed by atoms with Gasteiger partial charge >= 0.3 is 0 Å². The maximum atomic E-state index is 12.2. The number of benzene rings is 4. The molecule has 0 saturated carbocycles. The molecule has 0 heterocycles. The van der Waals surface area contributed by atoms with E-state index in [2.05, 4.69) is 10.6 Å². The summed E-state index contributed by atoms with van der Waals surface area (Å²) in [6.45, 7) is 0. The molecule has 10 heteroatoms. The van der Waals surface area contributed by atoms with Crippen molar-refractivity contribution in [1.29, 1.82) is 0 Å². The summed E-state index contributed by atoms with van der Waals surface area (Å²) in [6, 6.07) is 26.7. The van der Waals surface area contributed by atoms with Crippen LogP contribution in [0.3, 0.4) is 0 Å². The average Bonchev–Trinajstić information content (AvgIpc) is 2.97. The van der Waals surface area contributed by atoms with Gasteiger partial charge in [-0.15, -0.1) is 0 Å². The molecule has 0 fully saturated rings. The smallest absolute Gasteiger partial charge is 0.269 e. The summed E-state index contributed by atoms with van der Waals surface area (Å²) in [5.74, 6) is -0.646. The van der Waals surface area contributed by atoms with E-state index in [4.69, 9.17) is 0 Å². The highest BCUT2D eigenvalue weighted by Crippen LogP contribution is 2.18. The molecule has 2 amide bonds. The second-order valence-electron chi connectivity index (χ2n) is 8.91. The van der Waals surface area contributed by atoms with E-state index in [1.54, 1.807) is 60.7 Å². The molecule has 2 N–H and O–H groups in total. The van der Waals surface area contributed by atoms with Gasteiger partial charge in [0, 0.05) is 47.8 Å². The van der Waals surface area contributed by atoms with Crippen molar-refractivity contribution < 1.29 is 19.4 Å². The zero-order valence-electron chi connectivity index (χ0n) is 21.6. The third-order valence-corrected chi connectivity index (χ3v) is 5.91. The van der Waals surface area contributed by atoms with Crippen molar-refractivity contribution in [2.24, 2.45) is 0 Å². The highest BCUT2D eigenvalue weighted by Gasteiger charge is 2.05. The predicted octanol–water partition coefficient (Wildman–Crippen LogP) is 6.40. The lowest BCUT2D eigenvalue weighted by atomic mass is 10.0. The Kier molecular flexibility index (Phi) is 9.09. The summed E-state index contributed by atoms with van der Waals surface area (Å²) in [7, 11) is 0. The topological polar surface area (TPSA) is 144 Å². The largest absolute Gasteiger partial charge is 0.323 e. The normalized spacial score (nSPS) is 10.9. The minimum Gasteiger partial charge on any atom is -0.323 e. The van der Waals surface area contributed by atoms with Gasteiger partial charge in [0.2, 0.25) is 11.8 Å². The van der Waals surface area contributed by atoms with E-state index in [9.17, 15) is 29.8 Å². The van der Waals surface area contributed by atoms with Crippen LogP contribution in [0.5, 0.6) is 0 Å². The standard InChI is InChI=1S/C31H24N4O6/c36-30(19-9-22-5-15-28(16-6-22)34(38)39)32-26-11-1-24(2-12-26)21-25-3-13-27(14-4-25)33-31(37)20-10-23-7-17-29(18-8-23)35(40)41/h1-20H,21H2,(H,32,36)(H,33,37)/b19-9+,20-10+. The van der Waals surface area contributed by atoms with Crippen LogP contribution in [0.25, 0.3) is 12.2 Å². The fourth-order valence-corrected chi connectivity index (χ4v) is 3.77. The molecule has 10 nitrogen and oxygen atoms in total. The Morgan fingerprint density at radius 3 is 1.22 bits per heavy atom. The molecule has 4 aromatic carbocycles. The number of amides is 2. The molecule has 4 rings (SSSR count). The van der Waals surface area contributed by atoms with Crippen LogP contribution in [-0.2, 0) is 16.0 Å². The number of nitro benzene ring substituents is 2. The molecule has 0 aromatic heterocycles. The van der Waals surface area contributed by atoms with Crippen LogP contribution in [0, 0.1) is 20.2 Å². The first-order chi connectivity index (χ1) is 19.7. The first kappa shape index (κ1) is 28.1. The van der Waals surface area contributed by atoms with Crippen molar-refractivity contribution in [1.82, 2.24) is 0 Å². The van der Waals surface area contributed by atoms with E-state index < -0.39 is 9.85 Å². The lowest BCUT2D eigenvalue weighted by molar-refractivity contribution is -0.385. The van der Waals surface area contributed by atoms with Crippen molar-refractivity contribution in [3.63, 3.8) is 0 Å². The van der Waals surface area contributed by atoms with Gasteiger partial charge in [-0.2, -0.15) is 0 Å². The molecule has 41 heavy (non-hydrogen) atoms. The van der Waals surface area contributed by atoms with E-state index in [-0.39, 0.29) is 23.2 Å². The van der Waals surface area contributed by atoms with Gasteiger partial charge in [-0.25, -0.2) is 0 Å². The number of rotatable bonds is 10. The van der Waals surface area contributed by atoms with Crippen LogP contribution in [0.15, 0.2) is 109 Å². The summed E-state index contributed by atoms with van der Waals surface area (Å²) in [6.07, 6.45) is 6.54. The third kappa shape index (κ3) is 8.55. The number of nitrogens with one attached hydrogen (secondary N) is 2. The Hall–Kier alpha value is -5.90. The van der Waals surface area contributed by atoms with Crippen molar-refractivity contribution >= 4 is 46.7 Å². The zero-order chi connectivity index (χ0) is 29.2. The Bertz CT molecular complexity index is 1490. The lowest BCUT2D eigenvalue weighted by Gasteiger charge is -2.07. The van der Waals surface area contributed by atoms with E-state index in [0.29, 0.717) is 28.9 Å². The van der Waals surface area contributed by atoms with Crippen molar-refractivity contribution in [3.8, 4) is 0 Å². The molecule has 4 aromatic rings. The SMILES string of the molecule is O=C(/C=C/c1ccc([N+](=O)[O-])cc1)Nc1ccc(Cc2ccc(NC(=O)/C=C/c3ccc([N+](=O)[O-])cc3)cc2)cc1. The minimum absolute atomic E-state index is 0.0133. The Balaban J connectivity index is 1.25. The summed E-state index contributed by atoms with van der Waals surface area (Å²) >= 11 is 0. The zero-order valence-corrected chi connectivity index (χ0v) is 21.6. The van der Waals surface area contributed by atoms with Crippen LogP contribution in [0.2, 0.25) is 0 Å². The van der Waals surface area contributed by atoms with Crippen LogP contribution < -0.4 is 10.6 Å². The minimum atomic E-state index is -0.479. The van der Waals surface area contributed by atoms with Crippen molar-refractivity contribution in [2.75, 3.05) is 10.6 Å². The molecule has 204 valence electrons. The monoisotopic (exact) mass is 548 g/mol. The Morgan fingerprint density at radius 2 is 0.902 bits per heavy atom. The maximum absolute atomic E-state index is 12.2. The van der Waals surface area contributed by atoms with Gasteiger partial charge in [0.05, 0.1) is 9.85 Å². The average molecular weight is 549 g/mol. The number of carbonyl (C=O) groups is 2. The number of carbonyl (C=O) groups excluding carboxylic acids is 2. The van der Waals surface area contributed by atoms with Gasteiger partial charge in [-0.1, -0.05) is 24.3 Å². The fourth-order valence-electron chi connectivity index (χ4n) is 3.77. The molecule has 0 spiro atoms. The van der Waals surface area contributed by atoms with Gasteiger partial charge in [-0.05, 0) is 89.4 Å². The second kappa shape index (κ2) is 13.3. The molecule has 0 aliphatic rings. The van der Waals surface area contributed by atoms with E-state index in [1.165, 1.54) is 36.4 Å². The molecule has 0 aliphatic heterocycles. The first-order valence-electron chi connectivity index (χ1n) is 12.4. The molecular weight excluding hydrogens is 524 g/mol. The van der Waals surface area contributed by atoms with Gasteiger partial charge in [-0.3, -0.25) is 29.8 Å². The van der Waals surface area contributed by atoms with E-state index >= 15 is 0 Å². The summed E-state index contributed by atoms with van der Waals surface area (Å²) in [5.41, 5.74) is 4.65. The number of hydrogen-bond donors (Lipinski definition) is 2. The molecule has 0 atom stereocenters. The van der Waals surface area contributed by atoms with E-state index in [0.717, 1.165) is 11.1 Å². The number of hydrogen-bond acceptors (Lipinski definition) is 6. The Labute approximate surface area is 235 Å². The maximum Gasteiger partial charge on any atom is 0.269 e. The molecule has 0 aliphatic carbocycles. The van der Waals surface area contributed by atoms with Gasteiger partial charge in [0.25, 0.3) is 11.4 Å². The van der Waals surface area contributed by atoms with Gasteiger partial charge in [0.1, 0.15) is 0 Å². The fraction of sp³-hybridized carbons (Fsp3) is 0.0323. The summed E-state index contributed by atoms with van der Waals surface area (Å²) in [4.78, 5) is 45.0. The third-order valence-electron chi connectivity index (χ3n) is 5.91. The molecular formula is C31H24N4O6. The van der Waals surface area contributed by atoms with Crippen LogP contribution in [0.1, 0.15) is 22.3 Å². The second-order valence-corrected chi connectivity index (χ2v) is 8.91. The number of nitro groups is 2.